The molecular formula is C10H16N4O2. The van der Waals surface area contributed by atoms with Crippen LogP contribution < -0.4 is 11.1 Å². The highest BCUT2D eigenvalue weighted by Crippen LogP contribution is 2.01. The first kappa shape index (κ1) is 12.4. The molecule has 1 atom stereocenters. The van der Waals surface area contributed by atoms with E-state index in [4.69, 9.17) is 10.8 Å². The van der Waals surface area contributed by atoms with Gasteiger partial charge in [-0.1, -0.05) is 13.3 Å². The van der Waals surface area contributed by atoms with E-state index in [0.717, 1.165) is 12.0 Å². The van der Waals surface area contributed by atoms with Crippen LogP contribution in [0.2, 0.25) is 0 Å². The molecule has 1 heterocycles. The predicted molar refractivity (Wildman–Crippen MR) is 59.6 cm³/mol. The molecule has 0 bridgehead atoms. The van der Waals surface area contributed by atoms with Crippen molar-refractivity contribution >= 4 is 11.9 Å². The molecule has 1 aromatic rings. The number of aliphatic carboxylic acids is 1. The predicted octanol–water partition coefficient (Wildman–Crippen LogP) is 0.402. The quantitative estimate of drug-likeness (QED) is 0.646. The summed E-state index contributed by atoms with van der Waals surface area (Å²) in [5, 5.41) is 11.8. The van der Waals surface area contributed by atoms with Gasteiger partial charge >= 0.3 is 5.97 Å². The number of rotatable bonds is 6. The Morgan fingerprint density at radius 3 is 2.69 bits per heavy atom. The molecule has 0 fully saturated rings. The van der Waals surface area contributed by atoms with Crippen molar-refractivity contribution in [1.82, 2.24) is 15.3 Å². The van der Waals surface area contributed by atoms with Crippen LogP contribution >= 0.6 is 0 Å². The third-order valence-corrected chi connectivity index (χ3v) is 2.15. The number of nitrogens with zero attached hydrogens (tertiary/aromatic N) is 2. The summed E-state index contributed by atoms with van der Waals surface area (Å²) in [6.07, 6.45) is 4.59. The van der Waals surface area contributed by atoms with E-state index in [1.54, 1.807) is 12.4 Å². The van der Waals surface area contributed by atoms with Gasteiger partial charge in [-0.3, -0.25) is 4.79 Å². The van der Waals surface area contributed by atoms with Gasteiger partial charge in [0.05, 0.1) is 0 Å². The van der Waals surface area contributed by atoms with E-state index in [-0.39, 0.29) is 5.95 Å². The minimum absolute atomic E-state index is 0.215. The van der Waals surface area contributed by atoms with Crippen molar-refractivity contribution in [2.45, 2.75) is 32.4 Å². The summed E-state index contributed by atoms with van der Waals surface area (Å²) in [6, 6.07) is -0.525. The summed E-state index contributed by atoms with van der Waals surface area (Å²) in [4.78, 5) is 18.5. The fraction of sp³-hybridized carbons (Fsp3) is 0.500. The third kappa shape index (κ3) is 3.82. The first-order chi connectivity index (χ1) is 7.63. The Balaban J connectivity index is 2.48. The molecule has 1 rings (SSSR count). The van der Waals surface area contributed by atoms with E-state index in [1.807, 2.05) is 6.92 Å². The zero-order valence-electron chi connectivity index (χ0n) is 9.18. The fourth-order valence-corrected chi connectivity index (χ4v) is 1.30. The maximum Gasteiger partial charge on any atom is 0.320 e. The average Bonchev–Trinajstić information content (AvgIpc) is 2.26. The molecule has 88 valence electrons. The van der Waals surface area contributed by atoms with Crippen LogP contribution in [0.3, 0.4) is 0 Å². The van der Waals surface area contributed by atoms with E-state index < -0.39 is 12.0 Å². The van der Waals surface area contributed by atoms with Crippen LogP contribution in [0, 0.1) is 0 Å². The second-order valence-electron chi connectivity index (χ2n) is 3.51. The smallest absolute Gasteiger partial charge is 0.320 e. The molecule has 1 aromatic heterocycles. The molecule has 0 aliphatic rings. The second kappa shape index (κ2) is 6.02. The fourth-order valence-electron chi connectivity index (χ4n) is 1.30. The summed E-state index contributed by atoms with van der Waals surface area (Å²) in [7, 11) is 0. The molecule has 0 amide bonds. The summed E-state index contributed by atoms with van der Waals surface area (Å²) < 4.78 is 0. The molecule has 4 N–H and O–H groups in total. The summed E-state index contributed by atoms with van der Waals surface area (Å²) in [6.45, 7) is 2.38. The molecule has 1 unspecified atom stereocenters. The van der Waals surface area contributed by atoms with Crippen LogP contribution in [0.25, 0.3) is 0 Å². The van der Waals surface area contributed by atoms with Crippen molar-refractivity contribution in [2.24, 2.45) is 0 Å². The number of carboxylic acids is 1. The molecule has 0 spiro atoms. The Bertz CT molecular complexity index is 339. The van der Waals surface area contributed by atoms with E-state index in [9.17, 15) is 4.79 Å². The standard InChI is InChI=1S/C10H16N4O2/c1-2-3-8(9(15)16)12-4-7-5-13-10(11)14-6-7/h5-6,8,12H,2-4H2,1H3,(H,15,16)(H2,11,13,14). The minimum atomic E-state index is -0.835. The highest BCUT2D eigenvalue weighted by molar-refractivity contribution is 5.73. The molecule has 0 aliphatic heterocycles. The zero-order chi connectivity index (χ0) is 12.0. The van der Waals surface area contributed by atoms with Crippen molar-refractivity contribution in [3.63, 3.8) is 0 Å². The number of aromatic nitrogens is 2. The first-order valence-electron chi connectivity index (χ1n) is 5.16. The number of nitrogens with two attached hydrogens (primary N) is 1. The zero-order valence-corrected chi connectivity index (χ0v) is 9.18. The van der Waals surface area contributed by atoms with Crippen molar-refractivity contribution in [1.29, 1.82) is 0 Å². The van der Waals surface area contributed by atoms with E-state index >= 15 is 0 Å². The highest BCUT2D eigenvalue weighted by atomic mass is 16.4. The normalized spacial score (nSPS) is 12.3. The summed E-state index contributed by atoms with van der Waals surface area (Å²) >= 11 is 0. The van der Waals surface area contributed by atoms with Gasteiger partial charge in [0, 0.05) is 24.5 Å². The molecule has 0 saturated heterocycles. The van der Waals surface area contributed by atoms with E-state index in [0.29, 0.717) is 13.0 Å². The third-order valence-electron chi connectivity index (χ3n) is 2.15. The number of nitrogen functional groups attached to an aromatic ring is 1. The summed E-state index contributed by atoms with van der Waals surface area (Å²) in [5.41, 5.74) is 6.16. The van der Waals surface area contributed by atoms with Crippen LogP contribution in [0.4, 0.5) is 5.95 Å². The van der Waals surface area contributed by atoms with E-state index in [1.165, 1.54) is 0 Å². The highest BCUT2D eigenvalue weighted by Gasteiger charge is 2.14. The van der Waals surface area contributed by atoms with Crippen LogP contribution in [-0.2, 0) is 11.3 Å². The Morgan fingerprint density at radius 1 is 1.56 bits per heavy atom. The Morgan fingerprint density at radius 2 is 2.19 bits per heavy atom. The van der Waals surface area contributed by atoms with E-state index in [2.05, 4.69) is 15.3 Å². The topological polar surface area (TPSA) is 101 Å². The summed E-state index contributed by atoms with van der Waals surface area (Å²) in [5.74, 6) is -0.620. The monoisotopic (exact) mass is 224 g/mol. The number of hydrogen-bond acceptors (Lipinski definition) is 5. The Hall–Kier alpha value is -1.69. The van der Waals surface area contributed by atoms with Crippen LogP contribution in [0.1, 0.15) is 25.3 Å². The second-order valence-corrected chi connectivity index (χ2v) is 3.51. The minimum Gasteiger partial charge on any atom is -0.480 e. The molecule has 0 saturated carbocycles. The largest absolute Gasteiger partial charge is 0.480 e. The average molecular weight is 224 g/mol. The lowest BCUT2D eigenvalue weighted by atomic mass is 10.1. The number of anilines is 1. The molecular weight excluding hydrogens is 208 g/mol. The van der Waals surface area contributed by atoms with Crippen molar-refractivity contribution in [2.75, 3.05) is 5.73 Å². The van der Waals surface area contributed by atoms with Gasteiger partial charge in [-0.05, 0) is 6.42 Å². The van der Waals surface area contributed by atoms with Crippen molar-refractivity contribution < 1.29 is 9.90 Å². The molecule has 6 heteroatoms. The molecule has 16 heavy (non-hydrogen) atoms. The van der Waals surface area contributed by atoms with Crippen LogP contribution in [-0.4, -0.2) is 27.1 Å². The maximum atomic E-state index is 10.9. The van der Waals surface area contributed by atoms with Crippen LogP contribution in [0.15, 0.2) is 12.4 Å². The van der Waals surface area contributed by atoms with Gasteiger partial charge < -0.3 is 16.2 Å². The van der Waals surface area contributed by atoms with Gasteiger partial charge in [-0.25, -0.2) is 9.97 Å². The Kier molecular flexibility index (Phi) is 4.65. The lowest BCUT2D eigenvalue weighted by Gasteiger charge is -2.12. The van der Waals surface area contributed by atoms with Gasteiger partial charge in [0.15, 0.2) is 0 Å². The van der Waals surface area contributed by atoms with Gasteiger partial charge in [-0.2, -0.15) is 0 Å². The van der Waals surface area contributed by atoms with Gasteiger partial charge in [0.1, 0.15) is 6.04 Å². The number of hydrogen-bond donors (Lipinski definition) is 3. The van der Waals surface area contributed by atoms with Crippen molar-refractivity contribution in [3.05, 3.63) is 18.0 Å². The number of nitrogens with one attached hydrogen (secondary N) is 1. The molecule has 0 aliphatic carbocycles. The lowest BCUT2D eigenvalue weighted by molar-refractivity contribution is -0.139. The van der Waals surface area contributed by atoms with Gasteiger partial charge in [-0.15, -0.1) is 0 Å². The van der Waals surface area contributed by atoms with Crippen LogP contribution in [0.5, 0.6) is 0 Å². The number of carbonyl (C=O) groups is 1. The molecule has 0 radical (unpaired) electrons. The van der Waals surface area contributed by atoms with Gasteiger partial charge in [0.25, 0.3) is 0 Å². The van der Waals surface area contributed by atoms with Gasteiger partial charge in [0.2, 0.25) is 5.95 Å². The Labute approximate surface area is 93.9 Å². The SMILES string of the molecule is CCCC(NCc1cnc(N)nc1)C(=O)O. The number of carboxylic acid groups (broad SMARTS) is 1. The lowest BCUT2D eigenvalue weighted by Crippen LogP contribution is -2.36. The molecule has 0 aromatic carbocycles. The van der Waals surface area contributed by atoms with Crippen molar-refractivity contribution in [3.8, 4) is 0 Å². The molecule has 6 nitrogen and oxygen atoms in total. The first-order valence-corrected chi connectivity index (χ1v) is 5.16. The maximum absolute atomic E-state index is 10.9.